The van der Waals surface area contributed by atoms with Crippen LogP contribution in [0.25, 0.3) is 43.1 Å². The third-order valence-electron chi connectivity index (χ3n) is 4.75. The van der Waals surface area contributed by atoms with Crippen LogP contribution in [0.3, 0.4) is 0 Å². The van der Waals surface area contributed by atoms with Crippen LogP contribution in [0.4, 0.5) is 0 Å². The molecule has 0 radical (unpaired) electrons. The molecule has 0 bridgehead atoms. The van der Waals surface area contributed by atoms with Gasteiger partial charge in [0.15, 0.2) is 0 Å². The van der Waals surface area contributed by atoms with Gasteiger partial charge in [0.1, 0.15) is 0 Å². The summed E-state index contributed by atoms with van der Waals surface area (Å²) in [6.07, 6.45) is 0. The highest BCUT2D eigenvalue weighted by atomic mass is 16.4. The molecule has 0 amide bonds. The van der Waals surface area contributed by atoms with Crippen LogP contribution in [0.2, 0.25) is 0 Å². The maximum absolute atomic E-state index is 11.5. The number of rotatable bonds is 1. The van der Waals surface area contributed by atoms with E-state index in [1.54, 1.807) is 6.07 Å². The summed E-state index contributed by atoms with van der Waals surface area (Å²) in [4.78, 5) is 11.5. The maximum Gasteiger partial charge on any atom is 0.0721 e. The molecular weight excluding hydrogens is 284 g/mol. The van der Waals surface area contributed by atoms with Crippen molar-refractivity contribution in [3.8, 4) is 0 Å². The Morgan fingerprint density at radius 3 is 1.78 bits per heavy atom. The van der Waals surface area contributed by atoms with E-state index < -0.39 is 5.97 Å². The molecule has 0 spiro atoms. The first-order valence-corrected chi connectivity index (χ1v) is 7.55. The summed E-state index contributed by atoms with van der Waals surface area (Å²) in [5.74, 6) is -1.13. The van der Waals surface area contributed by atoms with E-state index in [0.717, 1.165) is 32.3 Å². The molecule has 0 saturated heterocycles. The summed E-state index contributed by atoms with van der Waals surface area (Å²) < 4.78 is 0. The third kappa shape index (κ3) is 1.50. The molecule has 0 fully saturated rings. The number of carboxylic acid groups (broad SMARTS) is 1. The first-order chi connectivity index (χ1) is 11.3. The van der Waals surface area contributed by atoms with E-state index in [4.69, 9.17) is 0 Å². The minimum absolute atomic E-state index is 0.247. The third-order valence-corrected chi connectivity index (χ3v) is 4.75. The van der Waals surface area contributed by atoms with E-state index in [-0.39, 0.29) is 5.56 Å². The Morgan fingerprint density at radius 2 is 1.13 bits per heavy atom. The van der Waals surface area contributed by atoms with Crippen LogP contribution in [0, 0.1) is 0 Å². The lowest BCUT2D eigenvalue weighted by Gasteiger charge is -2.16. The van der Waals surface area contributed by atoms with E-state index in [1.165, 1.54) is 10.8 Å². The molecule has 0 aliphatic rings. The first-order valence-electron chi connectivity index (χ1n) is 7.55. The van der Waals surface area contributed by atoms with E-state index >= 15 is 0 Å². The van der Waals surface area contributed by atoms with Gasteiger partial charge in [-0.05, 0) is 43.1 Å². The number of aromatic carboxylic acids is 1. The average molecular weight is 295 g/mol. The van der Waals surface area contributed by atoms with Gasteiger partial charge in [0.05, 0.1) is 5.97 Å². The predicted molar refractivity (Wildman–Crippen MR) is 92.0 cm³/mol. The lowest BCUT2D eigenvalue weighted by molar-refractivity contribution is -0.254. The summed E-state index contributed by atoms with van der Waals surface area (Å²) in [5.41, 5.74) is 0.247. The molecule has 0 heterocycles. The van der Waals surface area contributed by atoms with Crippen LogP contribution in [0.15, 0.2) is 66.7 Å². The first kappa shape index (κ1) is 12.4. The van der Waals surface area contributed by atoms with Gasteiger partial charge in [-0.2, -0.15) is 0 Å². The van der Waals surface area contributed by atoms with Gasteiger partial charge >= 0.3 is 0 Å². The monoisotopic (exact) mass is 295 g/mol. The number of fused-ring (bicyclic) bond motifs is 2. The second-order valence-electron chi connectivity index (χ2n) is 5.89. The molecule has 0 atom stereocenters. The highest BCUT2D eigenvalue weighted by molar-refractivity contribution is 6.34. The molecule has 0 aliphatic heterocycles. The fourth-order valence-corrected chi connectivity index (χ4v) is 3.82. The highest BCUT2D eigenvalue weighted by Gasteiger charge is 2.14. The van der Waals surface area contributed by atoms with Crippen molar-refractivity contribution in [3.05, 3.63) is 72.3 Å². The fraction of sp³-hybridized carbons (Fsp3) is 0. The number of benzene rings is 5. The van der Waals surface area contributed by atoms with Crippen LogP contribution in [0.5, 0.6) is 0 Å². The Kier molecular flexibility index (Phi) is 2.27. The van der Waals surface area contributed by atoms with Crippen molar-refractivity contribution in [2.24, 2.45) is 0 Å². The zero-order valence-corrected chi connectivity index (χ0v) is 12.2. The number of hydrogen-bond acceptors (Lipinski definition) is 2. The van der Waals surface area contributed by atoms with Crippen molar-refractivity contribution in [2.45, 2.75) is 0 Å². The molecule has 5 aromatic rings. The van der Waals surface area contributed by atoms with Crippen molar-refractivity contribution in [3.63, 3.8) is 0 Å². The molecule has 5 aromatic carbocycles. The Morgan fingerprint density at radius 1 is 0.609 bits per heavy atom. The van der Waals surface area contributed by atoms with Gasteiger partial charge in [-0.3, -0.25) is 0 Å². The van der Waals surface area contributed by atoms with E-state index in [1.807, 2.05) is 30.3 Å². The Balaban J connectivity index is 2.21. The van der Waals surface area contributed by atoms with E-state index in [0.29, 0.717) is 0 Å². The Hall–Kier alpha value is -3.13. The van der Waals surface area contributed by atoms with Gasteiger partial charge in [-0.1, -0.05) is 66.7 Å². The summed E-state index contributed by atoms with van der Waals surface area (Å²) in [6.45, 7) is 0. The second-order valence-corrected chi connectivity index (χ2v) is 5.89. The lowest BCUT2D eigenvalue weighted by Crippen LogP contribution is -2.22. The predicted octanol–water partition coefficient (Wildman–Crippen LogP) is 4.10. The quantitative estimate of drug-likeness (QED) is 0.345. The summed E-state index contributed by atoms with van der Waals surface area (Å²) in [6, 6.07) is 21.9. The highest BCUT2D eigenvalue weighted by Crippen LogP contribution is 2.40. The maximum atomic E-state index is 11.5. The van der Waals surface area contributed by atoms with Gasteiger partial charge < -0.3 is 9.90 Å². The number of hydrogen-bond donors (Lipinski definition) is 0. The molecule has 0 unspecified atom stereocenters. The van der Waals surface area contributed by atoms with Gasteiger partial charge in [0.2, 0.25) is 0 Å². The fourth-order valence-electron chi connectivity index (χ4n) is 3.82. The number of carboxylic acids is 1. The molecule has 0 aliphatic carbocycles. The zero-order valence-electron chi connectivity index (χ0n) is 12.2. The average Bonchev–Trinajstić information content (AvgIpc) is 2.58. The molecule has 108 valence electrons. The minimum atomic E-state index is -1.13. The number of carbonyl (C=O) groups is 1. The van der Waals surface area contributed by atoms with Crippen LogP contribution >= 0.6 is 0 Å². The Bertz CT molecular complexity index is 1180. The Labute approximate surface area is 131 Å². The van der Waals surface area contributed by atoms with Crippen LogP contribution in [-0.4, -0.2) is 5.97 Å². The largest absolute Gasteiger partial charge is 0.545 e. The molecule has 5 rings (SSSR count). The normalized spacial score (nSPS) is 11.8. The molecule has 23 heavy (non-hydrogen) atoms. The van der Waals surface area contributed by atoms with Crippen LogP contribution < -0.4 is 5.11 Å². The standard InChI is InChI=1S/C21H12O2/c22-21(23)18-11-10-17-14-7-2-5-12-4-1-6-13(19(12)14)15-8-3-9-16(18)20(15)17/h1-11H,(H,22,23)/p-1. The van der Waals surface area contributed by atoms with Gasteiger partial charge in [-0.25, -0.2) is 0 Å². The van der Waals surface area contributed by atoms with Crippen LogP contribution in [0.1, 0.15) is 10.4 Å². The summed E-state index contributed by atoms with van der Waals surface area (Å²) in [7, 11) is 0. The second kappa shape index (κ2) is 4.20. The van der Waals surface area contributed by atoms with Gasteiger partial charge in [-0.15, -0.1) is 0 Å². The molecule has 0 aromatic heterocycles. The summed E-state index contributed by atoms with van der Waals surface area (Å²) in [5, 5.41) is 20.1. The zero-order chi connectivity index (χ0) is 15.6. The van der Waals surface area contributed by atoms with Crippen molar-refractivity contribution in [1.29, 1.82) is 0 Å². The summed E-state index contributed by atoms with van der Waals surface area (Å²) >= 11 is 0. The van der Waals surface area contributed by atoms with Gasteiger partial charge in [0.25, 0.3) is 0 Å². The van der Waals surface area contributed by atoms with Gasteiger partial charge in [0, 0.05) is 5.56 Å². The minimum Gasteiger partial charge on any atom is -0.545 e. The van der Waals surface area contributed by atoms with Crippen molar-refractivity contribution >= 4 is 49.1 Å². The smallest absolute Gasteiger partial charge is 0.0721 e. The molecule has 2 nitrogen and oxygen atoms in total. The molecular formula is C21H11O2-. The topological polar surface area (TPSA) is 40.1 Å². The van der Waals surface area contributed by atoms with Crippen molar-refractivity contribution in [1.82, 2.24) is 0 Å². The molecule has 0 saturated carbocycles. The van der Waals surface area contributed by atoms with Crippen molar-refractivity contribution < 1.29 is 9.90 Å². The van der Waals surface area contributed by atoms with Crippen LogP contribution in [-0.2, 0) is 0 Å². The molecule has 2 heteroatoms. The lowest BCUT2D eigenvalue weighted by atomic mass is 9.88. The number of carbonyl (C=O) groups excluding carboxylic acids is 1. The van der Waals surface area contributed by atoms with E-state index in [2.05, 4.69) is 30.3 Å². The SMILES string of the molecule is O=C([O-])c1ccc2c3cccc4cccc(c5cccc1c52)c43. The molecule has 0 N–H and O–H groups in total. The van der Waals surface area contributed by atoms with Crippen molar-refractivity contribution in [2.75, 3.05) is 0 Å². The van der Waals surface area contributed by atoms with E-state index in [9.17, 15) is 9.90 Å².